The van der Waals surface area contributed by atoms with Gasteiger partial charge < -0.3 is 15.1 Å². The van der Waals surface area contributed by atoms with Gasteiger partial charge in [-0.25, -0.2) is 0 Å². The summed E-state index contributed by atoms with van der Waals surface area (Å²) in [4.78, 5) is 17.4. The highest BCUT2D eigenvalue weighted by atomic mass is 35.5. The number of carbonyl (C=O) groups is 1. The summed E-state index contributed by atoms with van der Waals surface area (Å²) in [7, 11) is 0. The molecule has 7 heteroatoms. The summed E-state index contributed by atoms with van der Waals surface area (Å²) < 4.78 is 0. The van der Waals surface area contributed by atoms with Crippen molar-refractivity contribution < 1.29 is 4.79 Å². The molecule has 0 aliphatic carbocycles. The van der Waals surface area contributed by atoms with Crippen LogP contribution in [0.15, 0.2) is 36.4 Å². The standard InChI is InChI=1S/C19H20Cl3N3O/c1-2-24-8-10-25(11-9-24)17-7-6-13(20)12-16(17)23-19(26)14-4-3-5-15(21)18(14)22/h3-7,12H,2,8-11H2,1H3,(H,23,26). The molecule has 1 aliphatic rings. The maximum atomic E-state index is 12.7. The molecule has 2 aromatic rings. The van der Waals surface area contributed by atoms with Gasteiger partial charge >= 0.3 is 0 Å². The minimum absolute atomic E-state index is 0.242. The zero-order chi connectivity index (χ0) is 18.7. The van der Waals surface area contributed by atoms with Gasteiger partial charge in [0.25, 0.3) is 5.91 Å². The molecule has 26 heavy (non-hydrogen) atoms. The highest BCUT2D eigenvalue weighted by molar-refractivity contribution is 6.44. The molecule has 1 fully saturated rings. The number of likely N-dealkylation sites (N-methyl/N-ethyl adjacent to an activating group) is 1. The van der Waals surface area contributed by atoms with Gasteiger partial charge in [0.2, 0.25) is 0 Å². The van der Waals surface area contributed by atoms with E-state index in [0.717, 1.165) is 38.4 Å². The van der Waals surface area contributed by atoms with E-state index in [9.17, 15) is 4.79 Å². The number of halogens is 3. The molecule has 138 valence electrons. The predicted octanol–water partition coefficient (Wildman–Crippen LogP) is 5.04. The Bertz CT molecular complexity index is 805. The Hall–Kier alpha value is -1.46. The lowest BCUT2D eigenvalue weighted by atomic mass is 10.1. The molecule has 3 rings (SSSR count). The predicted molar refractivity (Wildman–Crippen MR) is 110 cm³/mol. The van der Waals surface area contributed by atoms with Gasteiger partial charge in [0.1, 0.15) is 0 Å². The van der Waals surface area contributed by atoms with Crippen LogP contribution in [-0.4, -0.2) is 43.5 Å². The molecule has 1 aliphatic heterocycles. The molecule has 1 heterocycles. The normalized spacial score (nSPS) is 15.2. The van der Waals surface area contributed by atoms with Gasteiger partial charge in [0, 0.05) is 31.2 Å². The van der Waals surface area contributed by atoms with Crippen molar-refractivity contribution in [2.75, 3.05) is 42.9 Å². The summed E-state index contributed by atoms with van der Waals surface area (Å²) in [5, 5.41) is 4.09. The van der Waals surface area contributed by atoms with E-state index < -0.39 is 0 Å². The fraction of sp³-hybridized carbons (Fsp3) is 0.316. The first kappa shape index (κ1) is 19.3. The molecule has 0 aromatic heterocycles. The number of hydrogen-bond acceptors (Lipinski definition) is 3. The second kappa shape index (κ2) is 8.49. The zero-order valence-electron chi connectivity index (χ0n) is 14.4. The van der Waals surface area contributed by atoms with Crippen molar-refractivity contribution >= 4 is 52.1 Å². The lowest BCUT2D eigenvalue weighted by Crippen LogP contribution is -2.46. The second-order valence-electron chi connectivity index (χ2n) is 6.14. The van der Waals surface area contributed by atoms with E-state index in [2.05, 4.69) is 22.0 Å². The Labute approximate surface area is 168 Å². The Morgan fingerprint density at radius 3 is 2.50 bits per heavy atom. The Morgan fingerprint density at radius 2 is 1.81 bits per heavy atom. The van der Waals surface area contributed by atoms with E-state index in [1.54, 1.807) is 24.3 Å². The van der Waals surface area contributed by atoms with Crippen molar-refractivity contribution in [3.8, 4) is 0 Å². The van der Waals surface area contributed by atoms with Crippen molar-refractivity contribution in [1.29, 1.82) is 0 Å². The topological polar surface area (TPSA) is 35.6 Å². The Balaban J connectivity index is 1.84. The number of benzene rings is 2. The summed E-state index contributed by atoms with van der Waals surface area (Å²) in [5.41, 5.74) is 1.96. The quantitative estimate of drug-likeness (QED) is 0.764. The lowest BCUT2D eigenvalue weighted by Gasteiger charge is -2.36. The zero-order valence-corrected chi connectivity index (χ0v) is 16.7. The third kappa shape index (κ3) is 4.26. The molecule has 4 nitrogen and oxygen atoms in total. The third-order valence-corrected chi connectivity index (χ3v) is 5.62. The highest BCUT2D eigenvalue weighted by Gasteiger charge is 2.20. The first-order chi connectivity index (χ1) is 12.5. The number of nitrogens with zero attached hydrogens (tertiary/aromatic N) is 2. The van der Waals surface area contributed by atoms with Crippen LogP contribution in [0.5, 0.6) is 0 Å². The maximum absolute atomic E-state index is 12.7. The summed E-state index contributed by atoms with van der Waals surface area (Å²) in [6, 6.07) is 10.5. The van der Waals surface area contributed by atoms with Gasteiger partial charge in [-0.15, -0.1) is 0 Å². The van der Waals surface area contributed by atoms with Crippen LogP contribution in [0.4, 0.5) is 11.4 Å². The van der Waals surface area contributed by atoms with Crippen molar-refractivity contribution in [2.24, 2.45) is 0 Å². The molecule has 0 bridgehead atoms. The molecular weight excluding hydrogens is 393 g/mol. The Morgan fingerprint density at radius 1 is 1.08 bits per heavy atom. The SMILES string of the molecule is CCN1CCN(c2ccc(Cl)cc2NC(=O)c2cccc(Cl)c2Cl)CC1. The number of piperazine rings is 1. The monoisotopic (exact) mass is 411 g/mol. The van der Waals surface area contributed by atoms with E-state index in [0.29, 0.717) is 21.3 Å². The number of anilines is 2. The number of hydrogen-bond donors (Lipinski definition) is 1. The molecule has 0 radical (unpaired) electrons. The van der Waals surface area contributed by atoms with Crippen LogP contribution in [-0.2, 0) is 0 Å². The summed E-state index contributed by atoms with van der Waals surface area (Å²) >= 11 is 18.4. The second-order valence-corrected chi connectivity index (χ2v) is 7.36. The van der Waals surface area contributed by atoms with Crippen molar-refractivity contribution in [3.05, 3.63) is 57.0 Å². The number of amides is 1. The fourth-order valence-electron chi connectivity index (χ4n) is 3.06. The van der Waals surface area contributed by atoms with Gasteiger partial charge in [0.15, 0.2) is 0 Å². The highest BCUT2D eigenvalue weighted by Crippen LogP contribution is 2.32. The number of nitrogens with one attached hydrogen (secondary N) is 1. The van der Waals surface area contributed by atoms with Crippen LogP contribution >= 0.6 is 34.8 Å². The Kier molecular flexibility index (Phi) is 6.30. The van der Waals surface area contributed by atoms with Crippen molar-refractivity contribution in [2.45, 2.75) is 6.92 Å². The summed E-state index contributed by atoms with van der Waals surface area (Å²) in [6.45, 7) is 7.00. The number of rotatable bonds is 4. The minimum atomic E-state index is -0.312. The third-order valence-electron chi connectivity index (χ3n) is 4.56. The van der Waals surface area contributed by atoms with E-state index in [1.807, 2.05) is 12.1 Å². The van der Waals surface area contributed by atoms with E-state index >= 15 is 0 Å². The molecule has 1 N–H and O–H groups in total. The van der Waals surface area contributed by atoms with Gasteiger partial charge in [-0.1, -0.05) is 47.8 Å². The van der Waals surface area contributed by atoms with Gasteiger partial charge in [-0.3, -0.25) is 4.79 Å². The van der Waals surface area contributed by atoms with Gasteiger partial charge in [-0.05, 0) is 36.9 Å². The molecular formula is C19H20Cl3N3O. The van der Waals surface area contributed by atoms with E-state index in [1.165, 1.54) is 0 Å². The smallest absolute Gasteiger partial charge is 0.257 e. The largest absolute Gasteiger partial charge is 0.367 e. The molecule has 0 atom stereocenters. The fourth-order valence-corrected chi connectivity index (χ4v) is 3.62. The first-order valence-electron chi connectivity index (χ1n) is 8.51. The van der Waals surface area contributed by atoms with Crippen LogP contribution in [0.2, 0.25) is 15.1 Å². The van der Waals surface area contributed by atoms with Crippen LogP contribution in [0.1, 0.15) is 17.3 Å². The molecule has 1 amide bonds. The molecule has 0 spiro atoms. The average molecular weight is 413 g/mol. The lowest BCUT2D eigenvalue weighted by molar-refractivity contribution is 0.102. The van der Waals surface area contributed by atoms with Gasteiger partial charge in [-0.2, -0.15) is 0 Å². The molecule has 0 unspecified atom stereocenters. The van der Waals surface area contributed by atoms with E-state index in [-0.39, 0.29) is 10.9 Å². The summed E-state index contributed by atoms with van der Waals surface area (Å²) in [5.74, 6) is -0.312. The van der Waals surface area contributed by atoms with Crippen molar-refractivity contribution in [1.82, 2.24) is 4.90 Å². The molecule has 0 saturated carbocycles. The maximum Gasteiger partial charge on any atom is 0.257 e. The number of carbonyl (C=O) groups excluding carboxylic acids is 1. The summed E-state index contributed by atoms with van der Waals surface area (Å²) in [6.07, 6.45) is 0. The van der Waals surface area contributed by atoms with Crippen LogP contribution in [0, 0.1) is 0 Å². The van der Waals surface area contributed by atoms with Crippen LogP contribution < -0.4 is 10.2 Å². The average Bonchev–Trinajstić information content (AvgIpc) is 2.64. The minimum Gasteiger partial charge on any atom is -0.367 e. The molecule has 1 saturated heterocycles. The van der Waals surface area contributed by atoms with Crippen molar-refractivity contribution in [3.63, 3.8) is 0 Å². The van der Waals surface area contributed by atoms with Gasteiger partial charge in [0.05, 0.1) is 27.0 Å². The van der Waals surface area contributed by atoms with E-state index in [4.69, 9.17) is 34.8 Å². The van der Waals surface area contributed by atoms with Crippen LogP contribution in [0.25, 0.3) is 0 Å². The molecule has 2 aromatic carbocycles. The van der Waals surface area contributed by atoms with Crippen LogP contribution in [0.3, 0.4) is 0 Å². The first-order valence-corrected chi connectivity index (χ1v) is 9.65.